The number of nitrogens with zero attached hydrogens (tertiary/aromatic N) is 4. The highest BCUT2D eigenvalue weighted by atomic mass is 32.2. The molecular weight excluding hydrogens is 294 g/mol. The van der Waals surface area contributed by atoms with Crippen molar-refractivity contribution in [2.75, 3.05) is 32.1 Å². The van der Waals surface area contributed by atoms with Gasteiger partial charge in [0.2, 0.25) is 0 Å². The lowest BCUT2D eigenvalue weighted by molar-refractivity contribution is 0.473. The maximum Gasteiger partial charge on any atom is 0.193 e. The lowest BCUT2D eigenvalue weighted by Gasteiger charge is -2.22. The number of nitrogens with one attached hydrogen (secondary N) is 1. The Labute approximate surface area is 139 Å². The third-order valence-corrected chi connectivity index (χ3v) is 4.05. The summed E-state index contributed by atoms with van der Waals surface area (Å²) in [4.78, 5) is 6.91. The second kappa shape index (κ2) is 9.77. The van der Waals surface area contributed by atoms with Gasteiger partial charge in [-0.3, -0.25) is 9.67 Å². The number of rotatable bonds is 8. The zero-order chi connectivity index (χ0) is 16.5. The van der Waals surface area contributed by atoms with Crippen LogP contribution in [0.1, 0.15) is 44.4 Å². The van der Waals surface area contributed by atoms with E-state index >= 15 is 0 Å². The Kier molecular flexibility index (Phi) is 8.38. The number of aromatic nitrogens is 2. The van der Waals surface area contributed by atoms with Crippen molar-refractivity contribution in [2.24, 2.45) is 12.0 Å². The minimum Gasteiger partial charge on any atom is -0.357 e. The monoisotopic (exact) mass is 325 g/mol. The fourth-order valence-electron chi connectivity index (χ4n) is 2.36. The minimum absolute atomic E-state index is 0.436. The maximum absolute atomic E-state index is 4.72. The van der Waals surface area contributed by atoms with Gasteiger partial charge in [0.25, 0.3) is 0 Å². The number of aryl methyl sites for hydroxylation is 1. The van der Waals surface area contributed by atoms with Crippen LogP contribution in [0.5, 0.6) is 0 Å². The number of hydrogen-bond donors (Lipinski definition) is 1. The van der Waals surface area contributed by atoms with Crippen LogP contribution in [0.2, 0.25) is 0 Å². The molecule has 0 bridgehead atoms. The van der Waals surface area contributed by atoms with E-state index in [1.807, 2.05) is 23.5 Å². The van der Waals surface area contributed by atoms with Crippen molar-refractivity contribution in [2.45, 2.75) is 39.7 Å². The summed E-state index contributed by atoms with van der Waals surface area (Å²) in [6.45, 7) is 9.07. The number of hydrogen-bond acceptors (Lipinski definition) is 3. The highest BCUT2D eigenvalue weighted by molar-refractivity contribution is 7.98. The molecule has 1 aromatic heterocycles. The summed E-state index contributed by atoms with van der Waals surface area (Å²) in [5.74, 6) is 2.57. The molecule has 0 atom stereocenters. The predicted molar refractivity (Wildman–Crippen MR) is 97.7 cm³/mol. The molecule has 0 aromatic carbocycles. The molecule has 0 aliphatic rings. The molecule has 0 unspecified atom stereocenters. The summed E-state index contributed by atoms with van der Waals surface area (Å²) in [5.41, 5.74) is 2.45. The second-order valence-electron chi connectivity index (χ2n) is 5.81. The average molecular weight is 326 g/mol. The Morgan fingerprint density at radius 3 is 2.82 bits per heavy atom. The summed E-state index contributed by atoms with van der Waals surface area (Å²) in [6.07, 6.45) is 5.37. The predicted octanol–water partition coefficient (Wildman–Crippen LogP) is 2.69. The van der Waals surface area contributed by atoms with E-state index in [9.17, 15) is 0 Å². The molecular formula is C16H31N5S. The van der Waals surface area contributed by atoms with E-state index < -0.39 is 0 Å². The lowest BCUT2D eigenvalue weighted by Crippen LogP contribution is -2.38. The Hall–Kier alpha value is -1.17. The van der Waals surface area contributed by atoms with E-state index in [2.05, 4.69) is 55.6 Å². The molecule has 6 heteroatoms. The average Bonchev–Trinajstić information content (AvgIpc) is 2.83. The van der Waals surface area contributed by atoms with E-state index in [0.29, 0.717) is 5.92 Å². The van der Waals surface area contributed by atoms with Crippen molar-refractivity contribution in [3.05, 3.63) is 17.5 Å². The third kappa shape index (κ3) is 5.91. The number of aliphatic imine (C=N–C) groups is 1. The van der Waals surface area contributed by atoms with Gasteiger partial charge < -0.3 is 10.2 Å². The first kappa shape index (κ1) is 18.9. The lowest BCUT2D eigenvalue weighted by atomic mass is 10.1. The Morgan fingerprint density at radius 2 is 2.23 bits per heavy atom. The zero-order valence-corrected chi connectivity index (χ0v) is 15.7. The molecule has 0 aliphatic heterocycles. The van der Waals surface area contributed by atoms with Gasteiger partial charge in [0.15, 0.2) is 5.96 Å². The molecule has 126 valence electrons. The molecule has 0 aliphatic carbocycles. The summed E-state index contributed by atoms with van der Waals surface area (Å²) >= 11 is 1.87. The van der Waals surface area contributed by atoms with E-state index in [1.54, 1.807) is 0 Å². The third-order valence-electron chi connectivity index (χ3n) is 3.36. The Morgan fingerprint density at radius 1 is 1.50 bits per heavy atom. The van der Waals surface area contributed by atoms with Crippen LogP contribution in [-0.4, -0.2) is 52.8 Å². The van der Waals surface area contributed by atoms with E-state index in [0.717, 1.165) is 37.8 Å². The number of thioether (sulfide) groups is 1. The van der Waals surface area contributed by atoms with Crippen LogP contribution < -0.4 is 5.32 Å². The standard InChI is InChI=1S/C16H31N5S/c1-7-17-16(18-9-8-10-22-6)20(4)11-14-12-21(5)19-15(14)13(2)3/h12-13H,7-11H2,1-6H3,(H,17,18). The summed E-state index contributed by atoms with van der Waals surface area (Å²) in [7, 11) is 4.07. The molecule has 0 saturated heterocycles. The minimum atomic E-state index is 0.436. The molecule has 5 nitrogen and oxygen atoms in total. The van der Waals surface area contributed by atoms with Gasteiger partial charge >= 0.3 is 0 Å². The summed E-state index contributed by atoms with van der Waals surface area (Å²) in [6, 6.07) is 0. The first-order valence-corrected chi connectivity index (χ1v) is 9.39. The van der Waals surface area contributed by atoms with Gasteiger partial charge in [-0.25, -0.2) is 0 Å². The quantitative estimate of drug-likeness (QED) is 0.453. The molecule has 0 saturated carbocycles. The van der Waals surface area contributed by atoms with E-state index in [1.165, 1.54) is 11.3 Å². The van der Waals surface area contributed by atoms with Crippen LogP contribution in [-0.2, 0) is 13.6 Å². The molecule has 0 radical (unpaired) electrons. The van der Waals surface area contributed by atoms with Crippen molar-refractivity contribution >= 4 is 17.7 Å². The maximum atomic E-state index is 4.72. The van der Waals surface area contributed by atoms with Crippen LogP contribution >= 0.6 is 11.8 Å². The normalized spacial score (nSPS) is 12.0. The highest BCUT2D eigenvalue weighted by Gasteiger charge is 2.14. The molecule has 0 amide bonds. The van der Waals surface area contributed by atoms with Gasteiger partial charge in [0.05, 0.1) is 5.69 Å². The Balaban J connectivity index is 2.76. The molecule has 1 heterocycles. The van der Waals surface area contributed by atoms with Gasteiger partial charge in [0, 0.05) is 45.5 Å². The van der Waals surface area contributed by atoms with Gasteiger partial charge in [-0.15, -0.1) is 0 Å². The smallest absolute Gasteiger partial charge is 0.193 e. The molecule has 1 N–H and O–H groups in total. The topological polar surface area (TPSA) is 45.5 Å². The van der Waals surface area contributed by atoms with Crippen molar-refractivity contribution in [3.8, 4) is 0 Å². The van der Waals surface area contributed by atoms with Crippen LogP contribution in [0.3, 0.4) is 0 Å². The van der Waals surface area contributed by atoms with Gasteiger partial charge in [-0.05, 0) is 31.3 Å². The van der Waals surface area contributed by atoms with Crippen molar-refractivity contribution in [3.63, 3.8) is 0 Å². The van der Waals surface area contributed by atoms with Crippen LogP contribution in [0, 0.1) is 0 Å². The SMILES string of the molecule is CCNC(=NCCCSC)N(C)Cc1cn(C)nc1C(C)C. The van der Waals surface area contributed by atoms with Crippen molar-refractivity contribution in [1.29, 1.82) is 0 Å². The van der Waals surface area contributed by atoms with Gasteiger partial charge in [-0.1, -0.05) is 13.8 Å². The van der Waals surface area contributed by atoms with E-state index in [-0.39, 0.29) is 0 Å². The fraction of sp³-hybridized carbons (Fsp3) is 0.750. The molecule has 0 spiro atoms. The molecule has 22 heavy (non-hydrogen) atoms. The van der Waals surface area contributed by atoms with Crippen molar-refractivity contribution in [1.82, 2.24) is 20.0 Å². The van der Waals surface area contributed by atoms with Crippen molar-refractivity contribution < 1.29 is 0 Å². The van der Waals surface area contributed by atoms with E-state index in [4.69, 9.17) is 4.99 Å². The fourth-order valence-corrected chi connectivity index (χ4v) is 2.77. The molecule has 0 fully saturated rings. The number of guanidine groups is 1. The Bertz CT molecular complexity index is 467. The first-order chi connectivity index (χ1) is 10.5. The zero-order valence-electron chi connectivity index (χ0n) is 14.9. The first-order valence-electron chi connectivity index (χ1n) is 8.00. The molecule has 1 rings (SSSR count). The highest BCUT2D eigenvalue weighted by Crippen LogP contribution is 2.18. The second-order valence-corrected chi connectivity index (χ2v) is 6.79. The van der Waals surface area contributed by atoms with Crippen LogP contribution in [0.4, 0.5) is 0 Å². The summed E-state index contributed by atoms with van der Waals surface area (Å²) < 4.78 is 1.90. The van der Waals surface area contributed by atoms with Gasteiger partial charge in [-0.2, -0.15) is 16.9 Å². The summed E-state index contributed by atoms with van der Waals surface area (Å²) in [5, 5.41) is 7.96. The molecule has 1 aromatic rings. The van der Waals surface area contributed by atoms with Crippen LogP contribution in [0.15, 0.2) is 11.2 Å². The van der Waals surface area contributed by atoms with Gasteiger partial charge in [0.1, 0.15) is 0 Å². The van der Waals surface area contributed by atoms with Crippen LogP contribution in [0.25, 0.3) is 0 Å². The largest absolute Gasteiger partial charge is 0.357 e.